The molecular weight excluding hydrogens is 497 g/mol. The molecule has 0 aliphatic rings. The zero-order valence-electron chi connectivity index (χ0n) is 16.7. The minimum Gasteiger partial charge on any atom is -0.394 e. The third-order valence-electron chi connectivity index (χ3n) is 4.81. The predicted molar refractivity (Wildman–Crippen MR) is 123 cm³/mol. The van der Waals surface area contributed by atoms with E-state index in [0.717, 1.165) is 15.6 Å². The molecule has 1 aromatic carbocycles. The lowest BCUT2D eigenvalue weighted by Crippen LogP contribution is -2.31. The minimum atomic E-state index is -0.561. The smallest absolute Gasteiger partial charge is 0.268 e. The van der Waals surface area contributed by atoms with Crippen molar-refractivity contribution in [1.29, 1.82) is 0 Å². The van der Waals surface area contributed by atoms with Crippen molar-refractivity contribution in [1.82, 2.24) is 20.3 Å². The molecule has 0 saturated heterocycles. The highest BCUT2D eigenvalue weighted by atomic mass is 127. The molecule has 2 heterocycles. The Hall–Kier alpha value is -2.50. The quantitative estimate of drug-likeness (QED) is 0.230. The van der Waals surface area contributed by atoms with Crippen molar-refractivity contribution in [2.45, 2.75) is 24.0 Å². The van der Waals surface area contributed by atoms with Gasteiger partial charge in [-0.2, -0.15) is 0 Å². The second-order valence-electron chi connectivity index (χ2n) is 6.74. The molecule has 0 fully saturated rings. The number of carbonyl (C=O) groups excluding carboxylic acids is 1. The van der Waals surface area contributed by atoms with Crippen molar-refractivity contribution >= 4 is 34.4 Å². The molecule has 0 radical (unpaired) electrons. The molecule has 0 spiro atoms. The van der Waals surface area contributed by atoms with Crippen LogP contribution in [-0.4, -0.2) is 44.7 Å². The summed E-state index contributed by atoms with van der Waals surface area (Å²) in [4.78, 5) is 24.6. The first-order valence-electron chi connectivity index (χ1n) is 9.42. The fourth-order valence-electron chi connectivity index (χ4n) is 3.35. The van der Waals surface area contributed by atoms with Crippen LogP contribution in [0.15, 0.2) is 36.5 Å². The van der Waals surface area contributed by atoms with Crippen LogP contribution < -0.4 is 10.6 Å². The van der Waals surface area contributed by atoms with Crippen molar-refractivity contribution in [3.8, 4) is 11.3 Å². The Morgan fingerprint density at radius 1 is 1.30 bits per heavy atom. The van der Waals surface area contributed by atoms with E-state index < -0.39 is 11.9 Å². The molecule has 30 heavy (non-hydrogen) atoms. The molecule has 3 aromatic rings. The third-order valence-corrected chi connectivity index (χ3v) is 5.69. The number of aromatic amines is 1. The van der Waals surface area contributed by atoms with Crippen molar-refractivity contribution in [3.63, 3.8) is 0 Å². The number of anilines is 1. The van der Waals surface area contributed by atoms with Gasteiger partial charge in [0.25, 0.3) is 5.91 Å². The Morgan fingerprint density at radius 3 is 2.77 bits per heavy atom. The van der Waals surface area contributed by atoms with Gasteiger partial charge in [0.15, 0.2) is 0 Å². The number of nitrogens with one attached hydrogen (secondary N) is 3. The average molecular weight is 521 g/mol. The van der Waals surface area contributed by atoms with Gasteiger partial charge in [-0.15, -0.1) is 0 Å². The van der Waals surface area contributed by atoms with Crippen molar-refractivity contribution in [2.75, 3.05) is 19.0 Å². The molecule has 5 N–H and O–H groups in total. The zero-order chi connectivity index (χ0) is 21.7. The minimum absolute atomic E-state index is 0.241. The molecule has 0 aliphatic carbocycles. The summed E-state index contributed by atoms with van der Waals surface area (Å²) in [5, 5.41) is 25.6. The number of aromatic nitrogens is 3. The van der Waals surface area contributed by atoms with Crippen LogP contribution in [-0.2, 0) is 11.0 Å². The molecule has 1 amide bonds. The molecule has 0 bridgehead atoms. The lowest BCUT2D eigenvalue weighted by Gasteiger charge is -2.17. The number of nitrogens with zero attached hydrogens (tertiary/aromatic N) is 2. The number of aryl methyl sites for hydroxylation is 1. The van der Waals surface area contributed by atoms with Gasteiger partial charge in [0.05, 0.1) is 24.9 Å². The highest BCUT2D eigenvalue weighted by Crippen LogP contribution is 2.30. The zero-order valence-corrected chi connectivity index (χ0v) is 18.9. The summed E-state index contributed by atoms with van der Waals surface area (Å²) in [6.45, 7) is 1.24. The summed E-state index contributed by atoms with van der Waals surface area (Å²) < 4.78 is 0.832. The van der Waals surface area contributed by atoms with Gasteiger partial charge in [-0.3, -0.25) is 4.79 Å². The van der Waals surface area contributed by atoms with Crippen LogP contribution in [0.25, 0.3) is 11.3 Å². The summed E-state index contributed by atoms with van der Waals surface area (Å²) in [5.74, 6) is 0.0358. The van der Waals surface area contributed by atoms with E-state index in [4.69, 9.17) is 0 Å². The largest absolute Gasteiger partial charge is 0.394 e. The molecule has 3 rings (SSSR count). The fraction of sp³-hybridized carbons (Fsp3) is 0.286. The van der Waals surface area contributed by atoms with E-state index in [1.165, 1.54) is 0 Å². The van der Waals surface area contributed by atoms with E-state index in [9.17, 15) is 15.0 Å². The number of H-pyrrole nitrogens is 1. The number of alkyl halides is 1. The van der Waals surface area contributed by atoms with Crippen molar-refractivity contribution < 1.29 is 15.0 Å². The number of rotatable bonds is 8. The number of carbonyl (C=O) groups is 1. The standard InChI is InChI=1S/C21H24IN5O3/c1-12-18(16-6-7-24-21(23-2)27-16)15(10-28)19(25-12)20(30)26-17(11-29)14-5-3-4-13(8-14)9-22/h3-8,17,25,28-29H,9-11H2,1-2H3,(H,26,30)(H,23,24,27)/t17-/m1/s1. The molecule has 0 unspecified atom stereocenters. The third kappa shape index (κ3) is 4.63. The molecule has 1 atom stereocenters. The second-order valence-corrected chi connectivity index (χ2v) is 7.50. The topological polar surface area (TPSA) is 123 Å². The number of benzene rings is 1. The first kappa shape index (κ1) is 22.2. The van der Waals surface area contributed by atoms with Crippen LogP contribution in [0.3, 0.4) is 0 Å². The van der Waals surface area contributed by atoms with Gasteiger partial charge in [-0.05, 0) is 24.1 Å². The summed E-state index contributed by atoms with van der Waals surface area (Å²) in [6.07, 6.45) is 1.61. The number of aliphatic hydroxyl groups excluding tert-OH is 2. The van der Waals surface area contributed by atoms with Gasteiger partial charge in [0.2, 0.25) is 5.95 Å². The number of aliphatic hydroxyl groups is 2. The van der Waals surface area contributed by atoms with Crippen LogP contribution in [0.2, 0.25) is 0 Å². The molecule has 8 nitrogen and oxygen atoms in total. The van der Waals surface area contributed by atoms with Gasteiger partial charge in [0, 0.05) is 34.5 Å². The summed E-state index contributed by atoms with van der Waals surface area (Å²) in [5.41, 5.74) is 4.59. The molecule has 0 aliphatic heterocycles. The van der Waals surface area contributed by atoms with E-state index in [0.29, 0.717) is 28.5 Å². The first-order chi connectivity index (χ1) is 14.5. The van der Waals surface area contributed by atoms with E-state index in [-0.39, 0.29) is 18.9 Å². The van der Waals surface area contributed by atoms with E-state index in [1.807, 2.05) is 31.2 Å². The van der Waals surface area contributed by atoms with Crippen LogP contribution in [0.5, 0.6) is 0 Å². The maximum atomic E-state index is 13.0. The first-order valence-corrected chi connectivity index (χ1v) is 10.9. The monoisotopic (exact) mass is 521 g/mol. The highest BCUT2D eigenvalue weighted by Gasteiger charge is 2.24. The van der Waals surface area contributed by atoms with Gasteiger partial charge in [-0.1, -0.05) is 46.9 Å². The number of hydrogen-bond donors (Lipinski definition) is 5. The fourth-order valence-corrected chi connectivity index (χ4v) is 3.83. The number of amides is 1. The Kier molecular flexibility index (Phi) is 7.40. The Balaban J connectivity index is 1.94. The maximum absolute atomic E-state index is 13.0. The lowest BCUT2D eigenvalue weighted by atomic mass is 10.0. The molecular formula is C21H24IN5O3. The van der Waals surface area contributed by atoms with Gasteiger partial charge in [-0.25, -0.2) is 9.97 Å². The molecule has 0 saturated carbocycles. The molecule has 158 valence electrons. The molecule has 9 heteroatoms. The predicted octanol–water partition coefficient (Wildman–Crippen LogP) is 2.71. The van der Waals surface area contributed by atoms with E-state index >= 15 is 0 Å². The normalized spacial score (nSPS) is 11.9. The summed E-state index contributed by atoms with van der Waals surface area (Å²) in [6, 6.07) is 8.90. The van der Waals surface area contributed by atoms with Gasteiger partial charge < -0.3 is 25.8 Å². The number of hydrogen-bond acceptors (Lipinski definition) is 6. The van der Waals surface area contributed by atoms with Gasteiger partial charge >= 0.3 is 0 Å². The maximum Gasteiger partial charge on any atom is 0.268 e. The molecule has 2 aromatic heterocycles. The van der Waals surface area contributed by atoms with Crippen molar-refractivity contribution in [2.24, 2.45) is 0 Å². The Bertz CT molecular complexity index is 1040. The van der Waals surface area contributed by atoms with Crippen LogP contribution in [0, 0.1) is 6.92 Å². The average Bonchev–Trinajstić information content (AvgIpc) is 3.13. The SMILES string of the molecule is CNc1nccc(-c2c(C)[nH]c(C(=O)N[C@H](CO)c3cccc(CI)c3)c2CO)n1. The second kappa shape index (κ2) is 10.0. The Labute approximate surface area is 188 Å². The Morgan fingerprint density at radius 2 is 2.10 bits per heavy atom. The van der Waals surface area contributed by atoms with Crippen LogP contribution >= 0.6 is 22.6 Å². The number of halogens is 1. The summed E-state index contributed by atoms with van der Waals surface area (Å²) >= 11 is 2.27. The highest BCUT2D eigenvalue weighted by molar-refractivity contribution is 14.1. The lowest BCUT2D eigenvalue weighted by molar-refractivity contribution is 0.0908. The van der Waals surface area contributed by atoms with Crippen molar-refractivity contribution in [3.05, 3.63) is 64.6 Å². The van der Waals surface area contributed by atoms with E-state index in [1.54, 1.807) is 19.3 Å². The summed E-state index contributed by atoms with van der Waals surface area (Å²) in [7, 11) is 1.72. The van der Waals surface area contributed by atoms with Gasteiger partial charge in [0.1, 0.15) is 5.69 Å². The van der Waals surface area contributed by atoms with Crippen LogP contribution in [0.1, 0.15) is 38.9 Å². The van der Waals surface area contributed by atoms with Crippen LogP contribution in [0.4, 0.5) is 5.95 Å². The van der Waals surface area contributed by atoms with E-state index in [2.05, 4.69) is 48.2 Å².